The fourth-order valence-corrected chi connectivity index (χ4v) is 1.46. The number of alkyl carbamates (subject to hydrolysis) is 1. The summed E-state index contributed by atoms with van der Waals surface area (Å²) in [5.41, 5.74) is 9.53. The number of azide groups is 1. The van der Waals surface area contributed by atoms with Gasteiger partial charge in [-0.2, -0.15) is 15.7 Å². The number of carbonyl (C=O) groups is 1. The van der Waals surface area contributed by atoms with Crippen molar-refractivity contribution in [2.45, 2.75) is 24.1 Å². The molecule has 2 heterocycles. The van der Waals surface area contributed by atoms with E-state index < -0.39 is 30.2 Å². The van der Waals surface area contributed by atoms with Gasteiger partial charge in [0.05, 0.1) is 19.7 Å². The van der Waals surface area contributed by atoms with Crippen molar-refractivity contribution < 1.29 is 24.6 Å². The second-order valence-corrected chi connectivity index (χ2v) is 4.24. The number of aliphatic hydroxyl groups excluding tert-OH is 2. The Morgan fingerprint density at radius 3 is 3.05 bits per heavy atom. The minimum atomic E-state index is -1.30. The molecule has 0 bridgehead atoms. The van der Waals surface area contributed by atoms with E-state index >= 15 is 0 Å². The van der Waals surface area contributed by atoms with Crippen LogP contribution in [0, 0.1) is 0 Å². The number of rotatable bonds is 5. The van der Waals surface area contributed by atoms with Gasteiger partial charge in [-0.3, -0.25) is 4.84 Å². The smallest absolute Gasteiger partial charge is 0.409 e. The Balaban J connectivity index is 1.74. The highest BCUT2D eigenvalue weighted by atomic mass is 16.7. The molecule has 0 spiro atoms. The minimum Gasteiger partial charge on any atom is -0.425 e. The average molecular weight is 287 g/mol. The first-order valence-corrected chi connectivity index (χ1v) is 5.69. The number of nitrogens with one attached hydrogen (secondary N) is 2. The van der Waals surface area contributed by atoms with Gasteiger partial charge in [-0.15, -0.1) is 0 Å². The van der Waals surface area contributed by atoms with E-state index in [0.717, 1.165) is 0 Å². The Kier molecular flexibility index (Phi) is 4.32. The first-order chi connectivity index (χ1) is 9.56. The summed E-state index contributed by atoms with van der Waals surface area (Å²) in [7, 11) is 0. The molecular weight excluding hydrogens is 274 g/mol. The number of hydrogen-bond donors (Lipinski definition) is 4. The molecule has 12 heteroatoms. The molecule has 20 heavy (non-hydrogen) atoms. The van der Waals surface area contributed by atoms with Crippen molar-refractivity contribution >= 4 is 6.09 Å². The van der Waals surface area contributed by atoms with Crippen molar-refractivity contribution in [2.75, 3.05) is 19.7 Å². The monoisotopic (exact) mass is 287 g/mol. The van der Waals surface area contributed by atoms with Crippen LogP contribution in [0.3, 0.4) is 0 Å². The predicted molar refractivity (Wildman–Crippen MR) is 61.0 cm³/mol. The first kappa shape index (κ1) is 14.4. The molecule has 0 aromatic carbocycles. The lowest BCUT2D eigenvalue weighted by Crippen LogP contribution is -2.56. The SMILES string of the molecule is [N-]=[N+]=NCC1(CNC(=O)OC2NOC[C@@H](O)C2O)N=N1. The molecule has 2 aliphatic heterocycles. The molecule has 3 atom stereocenters. The van der Waals surface area contributed by atoms with Crippen LogP contribution in [0.5, 0.6) is 0 Å². The molecule has 2 aliphatic rings. The van der Waals surface area contributed by atoms with E-state index in [4.69, 9.17) is 15.1 Å². The summed E-state index contributed by atoms with van der Waals surface area (Å²) in [4.78, 5) is 18.8. The third kappa shape index (κ3) is 3.53. The molecule has 0 aliphatic carbocycles. The zero-order valence-electron chi connectivity index (χ0n) is 10.2. The van der Waals surface area contributed by atoms with Gasteiger partial charge in [0.15, 0.2) is 0 Å². The zero-order chi connectivity index (χ0) is 14.6. The zero-order valence-corrected chi connectivity index (χ0v) is 10.2. The Bertz CT molecular complexity index is 444. The lowest BCUT2D eigenvalue weighted by molar-refractivity contribution is -0.200. The molecule has 110 valence electrons. The van der Waals surface area contributed by atoms with E-state index in [1.54, 1.807) is 0 Å². The van der Waals surface area contributed by atoms with Gasteiger partial charge >= 0.3 is 6.09 Å². The molecule has 2 rings (SSSR count). The third-order valence-electron chi connectivity index (χ3n) is 2.68. The number of nitrogens with zero attached hydrogens (tertiary/aromatic N) is 5. The number of aliphatic hydroxyl groups is 2. The van der Waals surface area contributed by atoms with E-state index in [1.807, 2.05) is 0 Å². The average Bonchev–Trinajstić information content (AvgIpc) is 3.20. The van der Waals surface area contributed by atoms with Gasteiger partial charge in [-0.1, -0.05) is 5.11 Å². The molecule has 1 amide bonds. The molecule has 1 fully saturated rings. The fourth-order valence-electron chi connectivity index (χ4n) is 1.46. The Morgan fingerprint density at radius 1 is 1.65 bits per heavy atom. The van der Waals surface area contributed by atoms with Crippen LogP contribution in [0.15, 0.2) is 15.3 Å². The van der Waals surface area contributed by atoms with Gasteiger partial charge in [0.1, 0.15) is 12.2 Å². The quantitative estimate of drug-likeness (QED) is 0.279. The molecule has 0 aromatic rings. The van der Waals surface area contributed by atoms with Crippen molar-refractivity contribution in [3.05, 3.63) is 10.4 Å². The summed E-state index contributed by atoms with van der Waals surface area (Å²) in [5, 5.41) is 31.9. The largest absolute Gasteiger partial charge is 0.425 e. The van der Waals surface area contributed by atoms with Gasteiger partial charge in [-0.05, 0) is 5.53 Å². The normalized spacial score (nSPS) is 30.2. The van der Waals surface area contributed by atoms with Gasteiger partial charge in [-0.25, -0.2) is 4.79 Å². The molecule has 1 saturated heterocycles. The predicted octanol–water partition coefficient (Wildman–Crippen LogP) is -1.23. The molecule has 0 radical (unpaired) electrons. The lowest BCUT2D eigenvalue weighted by atomic mass is 10.2. The number of hydrogen-bond acceptors (Lipinski definition) is 9. The Hall–Kier alpha value is -1.98. The molecule has 0 saturated carbocycles. The number of amides is 1. The summed E-state index contributed by atoms with van der Waals surface area (Å²) in [5.74, 6) is 0. The Labute approximate surface area is 112 Å². The van der Waals surface area contributed by atoms with Crippen molar-refractivity contribution in [2.24, 2.45) is 15.3 Å². The van der Waals surface area contributed by atoms with E-state index in [9.17, 15) is 15.0 Å². The van der Waals surface area contributed by atoms with Crippen molar-refractivity contribution in [3.63, 3.8) is 0 Å². The maximum absolute atomic E-state index is 11.5. The second-order valence-electron chi connectivity index (χ2n) is 4.24. The van der Waals surface area contributed by atoms with Crippen LogP contribution in [0.25, 0.3) is 10.4 Å². The lowest BCUT2D eigenvalue weighted by Gasteiger charge is -2.31. The van der Waals surface area contributed by atoms with Gasteiger partial charge in [0.25, 0.3) is 0 Å². The number of carbonyl (C=O) groups excluding carboxylic acids is 1. The van der Waals surface area contributed by atoms with Gasteiger partial charge < -0.3 is 20.3 Å². The van der Waals surface area contributed by atoms with E-state index in [1.165, 1.54) is 0 Å². The first-order valence-electron chi connectivity index (χ1n) is 5.69. The van der Waals surface area contributed by atoms with Crippen molar-refractivity contribution in [1.82, 2.24) is 10.8 Å². The van der Waals surface area contributed by atoms with Crippen LogP contribution >= 0.6 is 0 Å². The maximum atomic E-state index is 11.5. The van der Waals surface area contributed by atoms with Crippen LogP contribution in [0.2, 0.25) is 0 Å². The molecule has 0 aromatic heterocycles. The van der Waals surface area contributed by atoms with E-state index in [-0.39, 0.29) is 19.7 Å². The molecular formula is C8H13N7O5. The van der Waals surface area contributed by atoms with Crippen molar-refractivity contribution in [1.29, 1.82) is 0 Å². The summed E-state index contributed by atoms with van der Waals surface area (Å²) in [6.07, 6.45) is -4.52. The summed E-state index contributed by atoms with van der Waals surface area (Å²) in [6, 6.07) is 0. The Morgan fingerprint density at radius 2 is 2.40 bits per heavy atom. The minimum absolute atomic E-state index is 0.00290. The van der Waals surface area contributed by atoms with Crippen LogP contribution in [0.1, 0.15) is 0 Å². The van der Waals surface area contributed by atoms with E-state index in [0.29, 0.717) is 0 Å². The highest BCUT2D eigenvalue weighted by molar-refractivity contribution is 5.67. The highest BCUT2D eigenvalue weighted by Crippen LogP contribution is 2.27. The standard InChI is InChI=1S/C8H13N7O5/c9-15-11-3-8(13-14-8)2-10-7(18)20-6-5(17)4(16)1-19-12-6/h4-6,12,16-17H,1-3H2,(H,10,18)/t4-,5?,6?/m1/s1. The van der Waals surface area contributed by atoms with Gasteiger partial charge in [0.2, 0.25) is 11.9 Å². The van der Waals surface area contributed by atoms with Crippen molar-refractivity contribution in [3.8, 4) is 0 Å². The number of ether oxygens (including phenoxy) is 1. The fraction of sp³-hybridized carbons (Fsp3) is 0.875. The maximum Gasteiger partial charge on any atom is 0.409 e. The van der Waals surface area contributed by atoms with Crippen LogP contribution in [0.4, 0.5) is 4.79 Å². The van der Waals surface area contributed by atoms with Crippen LogP contribution < -0.4 is 10.8 Å². The van der Waals surface area contributed by atoms with Gasteiger partial charge in [0, 0.05) is 4.91 Å². The second kappa shape index (κ2) is 5.98. The van der Waals surface area contributed by atoms with Crippen LogP contribution in [-0.2, 0) is 9.57 Å². The molecule has 4 N–H and O–H groups in total. The van der Waals surface area contributed by atoms with Crippen LogP contribution in [-0.4, -0.2) is 60.1 Å². The summed E-state index contributed by atoms with van der Waals surface area (Å²) < 4.78 is 4.82. The summed E-state index contributed by atoms with van der Waals surface area (Å²) in [6.45, 7) is -0.122. The highest BCUT2D eigenvalue weighted by Gasteiger charge is 2.40. The number of hydroxylamine groups is 1. The molecule has 12 nitrogen and oxygen atoms in total. The molecule has 2 unspecified atom stereocenters. The third-order valence-corrected chi connectivity index (χ3v) is 2.68. The topological polar surface area (TPSA) is 174 Å². The van der Waals surface area contributed by atoms with E-state index in [2.05, 4.69) is 31.1 Å². The summed E-state index contributed by atoms with van der Waals surface area (Å²) >= 11 is 0.